The molecule has 1 amide bonds. The van der Waals surface area contributed by atoms with Gasteiger partial charge in [0.15, 0.2) is 5.84 Å². The number of amides is 1. The van der Waals surface area contributed by atoms with E-state index in [1.165, 1.54) is 30.7 Å². The molecule has 0 bridgehead atoms. The number of fused-ring (bicyclic) bond motifs is 1. The summed E-state index contributed by atoms with van der Waals surface area (Å²) in [6.07, 6.45) is 5.33. The van der Waals surface area contributed by atoms with E-state index in [4.69, 9.17) is 11.6 Å². The maximum absolute atomic E-state index is 13.1. The van der Waals surface area contributed by atoms with E-state index >= 15 is 0 Å². The van der Waals surface area contributed by atoms with Gasteiger partial charge in [-0.15, -0.1) is 5.10 Å². The number of rotatable bonds is 7. The van der Waals surface area contributed by atoms with Crippen LogP contribution in [0, 0.1) is 0 Å². The first kappa shape index (κ1) is 27.5. The second-order valence-corrected chi connectivity index (χ2v) is 11.7. The maximum Gasteiger partial charge on any atom is 0.276 e. The van der Waals surface area contributed by atoms with Gasteiger partial charge in [-0.3, -0.25) is 4.79 Å². The van der Waals surface area contributed by atoms with Crippen molar-refractivity contribution >= 4 is 49.8 Å². The Morgan fingerprint density at radius 2 is 1.55 bits per heavy atom. The topological polar surface area (TPSA) is 120 Å². The van der Waals surface area contributed by atoms with E-state index < -0.39 is 15.9 Å². The normalized spacial score (nSPS) is 14.6. The molecule has 0 heterocycles. The first-order chi connectivity index (χ1) is 19.3. The number of hydrazone groups is 1. The molecule has 0 unspecified atom stereocenters. The molecule has 0 aliphatic heterocycles. The molecule has 8 nitrogen and oxygen atoms in total. The zero-order valence-corrected chi connectivity index (χ0v) is 23.2. The lowest BCUT2D eigenvalue weighted by atomic mass is 9.95. The van der Waals surface area contributed by atoms with Gasteiger partial charge in [-0.25, -0.2) is 0 Å². The number of amidine groups is 1. The largest absolute Gasteiger partial charge is 0.506 e. The van der Waals surface area contributed by atoms with Gasteiger partial charge in [0.2, 0.25) is 0 Å². The minimum absolute atomic E-state index is 0.0287. The molecule has 4 aromatic carbocycles. The van der Waals surface area contributed by atoms with Gasteiger partial charge in [0.25, 0.3) is 15.9 Å². The van der Waals surface area contributed by atoms with Crippen LogP contribution in [0.2, 0.25) is 5.02 Å². The number of nitrogens with zero attached hydrogens (tertiary/aromatic N) is 1. The first-order valence-corrected chi connectivity index (χ1v) is 14.9. The molecule has 10 heteroatoms. The summed E-state index contributed by atoms with van der Waals surface area (Å²) in [5.74, 6) is -0.270. The smallest absolute Gasteiger partial charge is 0.276 e. The molecule has 0 saturated heterocycles. The van der Waals surface area contributed by atoms with Crippen LogP contribution in [-0.2, 0) is 10.0 Å². The Morgan fingerprint density at radius 1 is 0.850 bits per heavy atom. The van der Waals surface area contributed by atoms with Crippen molar-refractivity contribution in [3.8, 4) is 5.75 Å². The average Bonchev–Trinajstić information content (AvgIpc) is 2.97. The van der Waals surface area contributed by atoms with E-state index in [-0.39, 0.29) is 22.3 Å². The Labute approximate surface area is 238 Å². The molecule has 4 aromatic rings. The van der Waals surface area contributed by atoms with Crippen molar-refractivity contribution in [2.45, 2.75) is 43.0 Å². The van der Waals surface area contributed by atoms with Crippen LogP contribution in [0.5, 0.6) is 5.75 Å². The van der Waals surface area contributed by atoms with E-state index in [9.17, 15) is 18.3 Å². The average molecular weight is 577 g/mol. The number of phenolic OH excluding ortho intramolecular Hbond substituents is 1. The lowest BCUT2D eigenvalue weighted by molar-refractivity contribution is 0.102. The van der Waals surface area contributed by atoms with Gasteiger partial charge >= 0.3 is 0 Å². The highest BCUT2D eigenvalue weighted by atomic mass is 35.5. The van der Waals surface area contributed by atoms with Crippen LogP contribution in [-0.4, -0.2) is 31.3 Å². The number of benzene rings is 4. The van der Waals surface area contributed by atoms with E-state index in [0.29, 0.717) is 27.5 Å². The van der Waals surface area contributed by atoms with Gasteiger partial charge in [0, 0.05) is 22.7 Å². The van der Waals surface area contributed by atoms with Crippen molar-refractivity contribution in [1.82, 2.24) is 10.1 Å². The number of nitrogens with one attached hydrogen (secondary N) is 3. The summed E-state index contributed by atoms with van der Waals surface area (Å²) >= 11 is 6.40. The summed E-state index contributed by atoms with van der Waals surface area (Å²) in [7, 11) is -4.02. The molecule has 0 aromatic heterocycles. The molecule has 1 aliphatic carbocycles. The Morgan fingerprint density at radius 3 is 2.30 bits per heavy atom. The van der Waals surface area contributed by atoms with Crippen molar-refractivity contribution in [1.29, 1.82) is 0 Å². The number of carbonyl (C=O) groups is 1. The van der Waals surface area contributed by atoms with E-state index in [1.807, 2.05) is 18.2 Å². The second kappa shape index (κ2) is 12.0. The summed E-state index contributed by atoms with van der Waals surface area (Å²) < 4.78 is 26.1. The Bertz CT molecular complexity index is 1670. The van der Waals surface area contributed by atoms with Crippen molar-refractivity contribution in [2.75, 3.05) is 5.32 Å². The second-order valence-electron chi connectivity index (χ2n) is 9.68. The summed E-state index contributed by atoms with van der Waals surface area (Å²) in [6.45, 7) is 0. The SMILES string of the molecule is O=C(Nc1ccc(S(=O)(=O)N/N=C(\NC2CCCCC2)c2ccccc2Cl)cc1)c1ccc2ccccc2c1O. The fourth-order valence-corrected chi connectivity index (χ4v) is 5.81. The van der Waals surface area contributed by atoms with Crippen LogP contribution in [0.15, 0.2) is 94.9 Å². The third-order valence-electron chi connectivity index (χ3n) is 6.92. The predicted molar refractivity (Wildman–Crippen MR) is 158 cm³/mol. The highest BCUT2D eigenvalue weighted by molar-refractivity contribution is 7.89. The zero-order valence-electron chi connectivity index (χ0n) is 21.6. The zero-order chi connectivity index (χ0) is 28.1. The molecule has 1 saturated carbocycles. The fraction of sp³-hybridized carbons (Fsp3) is 0.200. The van der Waals surface area contributed by atoms with E-state index in [1.54, 1.807) is 42.5 Å². The van der Waals surface area contributed by atoms with E-state index in [0.717, 1.165) is 31.1 Å². The molecule has 5 rings (SSSR count). The van der Waals surface area contributed by atoms with Crippen LogP contribution >= 0.6 is 11.6 Å². The molecular formula is C30H29ClN4O4S. The number of hydrogen-bond donors (Lipinski definition) is 4. The molecular weight excluding hydrogens is 548 g/mol. The molecule has 206 valence electrons. The first-order valence-electron chi connectivity index (χ1n) is 13.0. The Balaban J connectivity index is 1.32. The highest BCUT2D eigenvalue weighted by Crippen LogP contribution is 2.29. The van der Waals surface area contributed by atoms with Crippen LogP contribution < -0.4 is 15.5 Å². The van der Waals surface area contributed by atoms with Gasteiger partial charge in [-0.1, -0.05) is 73.3 Å². The number of halogens is 1. The van der Waals surface area contributed by atoms with Crippen molar-refractivity contribution in [2.24, 2.45) is 5.10 Å². The van der Waals surface area contributed by atoms with Crippen LogP contribution in [0.4, 0.5) is 5.69 Å². The van der Waals surface area contributed by atoms with Crippen molar-refractivity contribution in [3.05, 3.63) is 101 Å². The summed E-state index contributed by atoms with van der Waals surface area (Å²) in [5, 5.41) is 22.7. The summed E-state index contributed by atoms with van der Waals surface area (Å²) in [5.41, 5.74) is 1.09. The molecule has 1 aliphatic rings. The molecule has 0 spiro atoms. The molecule has 1 fully saturated rings. The van der Waals surface area contributed by atoms with Crippen molar-refractivity contribution in [3.63, 3.8) is 0 Å². The minimum Gasteiger partial charge on any atom is -0.506 e. The summed E-state index contributed by atoms with van der Waals surface area (Å²) in [4.78, 5) is 15.1. The lowest BCUT2D eigenvalue weighted by Gasteiger charge is -2.25. The van der Waals surface area contributed by atoms with Gasteiger partial charge in [-0.2, -0.15) is 13.2 Å². The highest BCUT2D eigenvalue weighted by Gasteiger charge is 2.20. The number of sulfonamides is 1. The van der Waals surface area contributed by atoms with Gasteiger partial charge in [-0.05, 0) is 60.7 Å². The van der Waals surface area contributed by atoms with Crippen LogP contribution in [0.25, 0.3) is 10.8 Å². The van der Waals surface area contributed by atoms with E-state index in [2.05, 4.69) is 20.6 Å². The standard InChI is InChI=1S/C30H29ClN4O4S/c31-27-13-7-6-12-25(27)29(32-21-9-2-1-3-10-21)34-35-40(38,39)23-17-15-22(16-18-23)33-30(37)26-19-14-20-8-4-5-11-24(20)28(26)36/h4-8,11-19,21,35-36H,1-3,9-10H2,(H,32,34)(H,33,37). The lowest BCUT2D eigenvalue weighted by Crippen LogP contribution is -2.38. The predicted octanol–water partition coefficient (Wildman–Crippen LogP) is 6.01. The number of aromatic hydroxyl groups is 1. The van der Waals surface area contributed by atoms with Crippen LogP contribution in [0.3, 0.4) is 0 Å². The van der Waals surface area contributed by atoms with Gasteiger partial charge < -0.3 is 15.7 Å². The monoisotopic (exact) mass is 576 g/mol. The van der Waals surface area contributed by atoms with Gasteiger partial charge in [0.05, 0.1) is 15.5 Å². The maximum atomic E-state index is 13.1. The van der Waals surface area contributed by atoms with Crippen LogP contribution in [0.1, 0.15) is 48.0 Å². The Hall–Kier alpha value is -4.08. The van der Waals surface area contributed by atoms with Gasteiger partial charge in [0.1, 0.15) is 5.75 Å². The molecule has 40 heavy (non-hydrogen) atoms. The number of hydrogen-bond acceptors (Lipinski definition) is 5. The number of anilines is 1. The molecule has 0 atom stereocenters. The third-order valence-corrected chi connectivity index (χ3v) is 8.47. The third kappa shape index (κ3) is 6.21. The quantitative estimate of drug-likeness (QED) is 0.122. The fourth-order valence-electron chi connectivity index (χ4n) is 4.78. The number of phenols is 1. The minimum atomic E-state index is -4.02. The molecule has 4 N–H and O–H groups in total. The molecule has 0 radical (unpaired) electrons. The van der Waals surface area contributed by atoms with Crippen molar-refractivity contribution < 1.29 is 18.3 Å². The Kier molecular flexibility index (Phi) is 8.23. The number of carbonyl (C=O) groups excluding carboxylic acids is 1. The summed E-state index contributed by atoms with van der Waals surface area (Å²) in [6, 6.07) is 23.5.